The predicted octanol–water partition coefficient (Wildman–Crippen LogP) is 2.31. The number of hydrogen-bond donors (Lipinski definition) is 1. The molecular weight excluding hydrogens is 268 g/mol. The molecule has 21 heavy (non-hydrogen) atoms. The summed E-state index contributed by atoms with van der Waals surface area (Å²) >= 11 is 0. The second-order valence-electron chi connectivity index (χ2n) is 5.18. The molecule has 0 spiro atoms. The van der Waals surface area contributed by atoms with Crippen LogP contribution in [0.3, 0.4) is 0 Å². The highest BCUT2D eigenvalue weighted by Gasteiger charge is 2.16. The fraction of sp³-hybridized carbons (Fsp3) is 0.375. The quantitative estimate of drug-likeness (QED) is 0.879. The summed E-state index contributed by atoms with van der Waals surface area (Å²) in [6, 6.07) is 5.76. The summed E-state index contributed by atoms with van der Waals surface area (Å²) in [7, 11) is 0. The summed E-state index contributed by atoms with van der Waals surface area (Å²) in [6.07, 6.45) is 3.78. The largest absolute Gasteiger partial charge is 0.462 e. The second-order valence-corrected chi connectivity index (χ2v) is 5.18. The fourth-order valence-corrected chi connectivity index (χ4v) is 2.74. The highest BCUT2D eigenvalue weighted by atomic mass is 16.5. The molecule has 1 aliphatic heterocycles. The van der Waals surface area contributed by atoms with Gasteiger partial charge < -0.3 is 14.6 Å². The van der Waals surface area contributed by atoms with Crippen molar-refractivity contribution in [1.82, 2.24) is 4.98 Å². The van der Waals surface area contributed by atoms with E-state index in [9.17, 15) is 9.59 Å². The third-order valence-corrected chi connectivity index (χ3v) is 3.83. The first-order chi connectivity index (χ1) is 10.2. The van der Waals surface area contributed by atoms with Gasteiger partial charge >= 0.3 is 5.97 Å². The highest BCUT2D eigenvalue weighted by Crippen LogP contribution is 2.23. The van der Waals surface area contributed by atoms with Gasteiger partial charge in [0.05, 0.1) is 6.61 Å². The maximum Gasteiger partial charge on any atom is 0.343 e. The minimum Gasteiger partial charge on any atom is -0.462 e. The van der Waals surface area contributed by atoms with Gasteiger partial charge in [0.25, 0.3) is 0 Å². The van der Waals surface area contributed by atoms with Crippen LogP contribution in [0.1, 0.15) is 30.1 Å². The van der Waals surface area contributed by atoms with Gasteiger partial charge in [-0.25, -0.2) is 4.79 Å². The van der Waals surface area contributed by atoms with Crippen LogP contribution in [0.2, 0.25) is 0 Å². The first kappa shape index (κ1) is 13.7. The molecule has 0 unspecified atom stereocenters. The predicted molar refractivity (Wildman–Crippen MR) is 82.0 cm³/mol. The van der Waals surface area contributed by atoms with Gasteiger partial charge in [-0.05, 0) is 38.0 Å². The van der Waals surface area contributed by atoms with Gasteiger partial charge in [-0.15, -0.1) is 0 Å². The maximum absolute atomic E-state index is 12.5. The van der Waals surface area contributed by atoms with E-state index in [0.717, 1.165) is 24.3 Å². The Morgan fingerprint density at radius 1 is 1.33 bits per heavy atom. The van der Waals surface area contributed by atoms with Crippen LogP contribution in [0.5, 0.6) is 0 Å². The number of nitrogens with zero attached hydrogens (tertiary/aromatic N) is 1. The number of anilines is 1. The van der Waals surface area contributed by atoms with Crippen LogP contribution in [-0.2, 0) is 4.74 Å². The first-order valence-electron chi connectivity index (χ1n) is 7.28. The number of benzene rings is 1. The molecule has 1 saturated heterocycles. The van der Waals surface area contributed by atoms with E-state index in [2.05, 4.69) is 9.88 Å². The molecule has 5 heteroatoms. The fourth-order valence-electron chi connectivity index (χ4n) is 2.74. The molecule has 5 nitrogen and oxygen atoms in total. The van der Waals surface area contributed by atoms with E-state index in [-0.39, 0.29) is 17.6 Å². The van der Waals surface area contributed by atoms with Gasteiger partial charge in [-0.1, -0.05) is 0 Å². The minimum absolute atomic E-state index is 0.0583. The van der Waals surface area contributed by atoms with E-state index in [1.165, 1.54) is 19.0 Å². The van der Waals surface area contributed by atoms with E-state index in [4.69, 9.17) is 4.74 Å². The number of pyridine rings is 1. The number of ether oxygens (including phenoxy) is 1. The Kier molecular flexibility index (Phi) is 3.64. The lowest BCUT2D eigenvalue weighted by molar-refractivity contribution is 0.0524. The number of esters is 1. The van der Waals surface area contributed by atoms with Crippen LogP contribution in [0.4, 0.5) is 5.69 Å². The van der Waals surface area contributed by atoms with Crippen molar-refractivity contribution in [2.45, 2.75) is 19.8 Å². The molecule has 1 aromatic heterocycles. The summed E-state index contributed by atoms with van der Waals surface area (Å²) in [5.41, 5.74) is 1.55. The van der Waals surface area contributed by atoms with Crippen LogP contribution in [0, 0.1) is 0 Å². The Labute approximate surface area is 122 Å². The number of fused-ring (bicyclic) bond motifs is 1. The van der Waals surface area contributed by atoms with Crippen molar-refractivity contribution in [1.29, 1.82) is 0 Å². The standard InChI is InChI=1S/C16H18N2O3/c1-2-21-16(20)13-10-17-14-6-5-11(9-12(14)15(13)19)18-7-3-4-8-18/h5-6,9-10H,2-4,7-8H2,1H3,(H,17,19). The Bertz CT molecular complexity index is 730. The van der Waals surface area contributed by atoms with Gasteiger partial charge in [0, 0.05) is 35.9 Å². The summed E-state index contributed by atoms with van der Waals surface area (Å²) in [5, 5.41) is 0.532. The zero-order valence-corrected chi connectivity index (χ0v) is 12.0. The molecule has 0 aliphatic carbocycles. The van der Waals surface area contributed by atoms with Crippen LogP contribution in [0.25, 0.3) is 10.9 Å². The number of carbonyl (C=O) groups is 1. The number of carbonyl (C=O) groups excluding carboxylic acids is 1. The molecule has 2 aromatic rings. The number of aromatic nitrogens is 1. The first-order valence-corrected chi connectivity index (χ1v) is 7.28. The molecule has 1 N–H and O–H groups in total. The van der Waals surface area contributed by atoms with Gasteiger partial charge in [0.1, 0.15) is 5.56 Å². The molecule has 0 atom stereocenters. The minimum atomic E-state index is -0.577. The lowest BCUT2D eigenvalue weighted by Gasteiger charge is -2.17. The summed E-state index contributed by atoms with van der Waals surface area (Å²) in [4.78, 5) is 29.5. The molecule has 0 radical (unpaired) electrons. The smallest absolute Gasteiger partial charge is 0.343 e. The second kappa shape index (κ2) is 5.60. The van der Waals surface area contributed by atoms with Gasteiger partial charge in [-0.3, -0.25) is 4.79 Å². The number of hydrogen-bond acceptors (Lipinski definition) is 4. The number of nitrogens with one attached hydrogen (secondary N) is 1. The third-order valence-electron chi connectivity index (χ3n) is 3.83. The van der Waals surface area contributed by atoms with Gasteiger partial charge in [0.15, 0.2) is 0 Å². The zero-order chi connectivity index (χ0) is 14.8. The SMILES string of the molecule is CCOC(=O)c1c[nH]c2ccc(N3CCCC3)cc2c1=O. The normalized spacial score (nSPS) is 14.6. The molecule has 3 rings (SSSR count). The van der Waals surface area contributed by atoms with Crippen molar-refractivity contribution in [2.75, 3.05) is 24.6 Å². The van der Waals surface area contributed by atoms with Gasteiger partial charge in [0.2, 0.25) is 5.43 Å². The van der Waals surface area contributed by atoms with Gasteiger partial charge in [-0.2, -0.15) is 0 Å². The van der Waals surface area contributed by atoms with Crippen LogP contribution < -0.4 is 10.3 Å². The van der Waals surface area contributed by atoms with E-state index >= 15 is 0 Å². The van der Waals surface area contributed by atoms with Crippen molar-refractivity contribution in [2.24, 2.45) is 0 Å². The molecule has 0 saturated carbocycles. The van der Waals surface area contributed by atoms with Crippen LogP contribution in [-0.4, -0.2) is 30.6 Å². The molecule has 2 heterocycles. The van der Waals surface area contributed by atoms with Crippen molar-refractivity contribution in [3.05, 3.63) is 40.2 Å². The molecule has 1 aliphatic rings. The molecule has 0 bridgehead atoms. The monoisotopic (exact) mass is 286 g/mol. The molecular formula is C16H18N2O3. The van der Waals surface area contributed by atoms with Crippen LogP contribution >= 0.6 is 0 Å². The van der Waals surface area contributed by atoms with E-state index < -0.39 is 5.97 Å². The van der Waals surface area contributed by atoms with Crippen molar-refractivity contribution < 1.29 is 9.53 Å². The Morgan fingerprint density at radius 2 is 2.10 bits per heavy atom. The van der Waals surface area contributed by atoms with E-state index in [1.54, 1.807) is 6.92 Å². The average Bonchev–Trinajstić information content (AvgIpc) is 3.02. The Hall–Kier alpha value is -2.30. The van der Waals surface area contributed by atoms with Crippen molar-refractivity contribution in [3.8, 4) is 0 Å². The number of H-pyrrole nitrogens is 1. The third kappa shape index (κ3) is 2.51. The average molecular weight is 286 g/mol. The molecule has 110 valence electrons. The highest BCUT2D eigenvalue weighted by molar-refractivity contribution is 5.94. The Morgan fingerprint density at radius 3 is 2.81 bits per heavy atom. The summed E-state index contributed by atoms with van der Waals surface area (Å²) in [6.45, 7) is 4.00. The van der Waals surface area contributed by atoms with Crippen molar-refractivity contribution in [3.63, 3.8) is 0 Å². The maximum atomic E-state index is 12.5. The lowest BCUT2D eigenvalue weighted by atomic mass is 10.1. The topological polar surface area (TPSA) is 62.4 Å². The summed E-state index contributed by atoms with van der Waals surface area (Å²) in [5.74, 6) is -0.577. The number of rotatable bonds is 3. The number of aromatic amines is 1. The molecule has 0 amide bonds. The van der Waals surface area contributed by atoms with Crippen molar-refractivity contribution >= 4 is 22.6 Å². The Balaban J connectivity index is 2.08. The van der Waals surface area contributed by atoms with E-state index in [1.807, 2.05) is 18.2 Å². The lowest BCUT2D eigenvalue weighted by Crippen LogP contribution is -2.20. The van der Waals surface area contributed by atoms with E-state index in [0.29, 0.717) is 5.39 Å². The summed E-state index contributed by atoms with van der Waals surface area (Å²) < 4.78 is 4.92. The molecule has 1 aromatic carbocycles. The van der Waals surface area contributed by atoms with Crippen LogP contribution in [0.15, 0.2) is 29.2 Å². The molecule has 1 fully saturated rings. The zero-order valence-electron chi connectivity index (χ0n) is 12.0.